The van der Waals surface area contributed by atoms with Crippen molar-refractivity contribution in [2.75, 3.05) is 13.7 Å². The molecule has 1 aromatic heterocycles. The summed E-state index contributed by atoms with van der Waals surface area (Å²) in [7, 11) is 1.59. The molecule has 5 nitrogen and oxygen atoms in total. The van der Waals surface area contributed by atoms with E-state index in [1.165, 1.54) is 0 Å². The first-order chi connectivity index (χ1) is 14.1. The minimum absolute atomic E-state index is 0.195. The van der Waals surface area contributed by atoms with Gasteiger partial charge in [-0.1, -0.05) is 40.9 Å². The van der Waals surface area contributed by atoms with E-state index in [4.69, 9.17) is 44.3 Å². The molecule has 0 aliphatic rings. The average molecular weight is 455 g/mol. The van der Waals surface area contributed by atoms with Gasteiger partial charge in [0, 0.05) is 41.1 Å². The van der Waals surface area contributed by atoms with Gasteiger partial charge in [-0.2, -0.15) is 0 Å². The Hall–Kier alpha value is -1.92. The van der Waals surface area contributed by atoms with Gasteiger partial charge in [0.05, 0.1) is 18.5 Å². The van der Waals surface area contributed by atoms with Gasteiger partial charge in [0.1, 0.15) is 6.61 Å². The molecule has 0 amide bonds. The van der Waals surface area contributed by atoms with Gasteiger partial charge in [0.2, 0.25) is 0 Å². The van der Waals surface area contributed by atoms with Crippen LogP contribution in [0.3, 0.4) is 0 Å². The average Bonchev–Trinajstić information content (AvgIpc) is 3.21. The van der Waals surface area contributed by atoms with E-state index in [2.05, 4.69) is 14.9 Å². The van der Waals surface area contributed by atoms with Crippen molar-refractivity contribution in [3.8, 4) is 11.5 Å². The summed E-state index contributed by atoms with van der Waals surface area (Å²) in [5, 5.41) is 4.98. The topological polar surface area (TPSA) is 48.3 Å². The molecule has 1 heterocycles. The van der Waals surface area contributed by atoms with Gasteiger partial charge in [0.15, 0.2) is 11.5 Å². The smallest absolute Gasteiger partial charge is 0.180 e. The molecule has 0 aliphatic heterocycles. The number of halogens is 3. The molecule has 29 heavy (non-hydrogen) atoms. The Kier molecular flexibility index (Phi) is 8.07. The van der Waals surface area contributed by atoms with Crippen LogP contribution in [0, 0.1) is 0 Å². The van der Waals surface area contributed by atoms with Gasteiger partial charge in [-0.25, -0.2) is 4.98 Å². The van der Waals surface area contributed by atoms with Crippen LogP contribution in [0.4, 0.5) is 0 Å². The second-order valence-electron chi connectivity index (χ2n) is 6.43. The molecule has 0 unspecified atom stereocenters. The molecule has 3 aromatic rings. The predicted molar refractivity (Wildman–Crippen MR) is 117 cm³/mol. The fourth-order valence-corrected chi connectivity index (χ4v) is 3.66. The molecule has 154 valence electrons. The van der Waals surface area contributed by atoms with Crippen molar-refractivity contribution >= 4 is 34.8 Å². The van der Waals surface area contributed by atoms with Crippen molar-refractivity contribution in [2.45, 2.75) is 26.1 Å². The number of aryl methyl sites for hydroxylation is 1. The third-order valence-corrected chi connectivity index (χ3v) is 5.36. The molecule has 0 fully saturated rings. The molecule has 0 saturated carbocycles. The summed E-state index contributed by atoms with van der Waals surface area (Å²) >= 11 is 18.9. The first kappa shape index (κ1) is 21.8. The third kappa shape index (κ3) is 6.03. The van der Waals surface area contributed by atoms with Crippen LogP contribution in [0.5, 0.6) is 11.5 Å². The SMILES string of the molecule is COc1cc(CNCCCn2ccnc2)cc(Cl)c1OCc1c(Cl)cccc1Cl. The van der Waals surface area contributed by atoms with Crippen molar-refractivity contribution in [3.63, 3.8) is 0 Å². The summed E-state index contributed by atoms with van der Waals surface area (Å²) < 4.78 is 13.4. The summed E-state index contributed by atoms with van der Waals surface area (Å²) in [6.07, 6.45) is 6.56. The van der Waals surface area contributed by atoms with E-state index in [1.807, 2.05) is 24.7 Å². The highest BCUT2D eigenvalue weighted by molar-refractivity contribution is 6.36. The van der Waals surface area contributed by atoms with Gasteiger partial charge in [-0.05, 0) is 42.8 Å². The standard InChI is InChI=1S/C21H22Cl3N3O2/c1-28-20-11-15(12-25-6-3-8-27-9-7-26-14-27)10-19(24)21(20)29-13-16-17(22)4-2-5-18(16)23/h2,4-5,7,9-11,14,25H,3,6,8,12-13H2,1H3. The molecule has 0 spiro atoms. The first-order valence-corrected chi connectivity index (χ1v) is 10.3. The minimum atomic E-state index is 0.195. The van der Waals surface area contributed by atoms with Gasteiger partial charge >= 0.3 is 0 Å². The second-order valence-corrected chi connectivity index (χ2v) is 7.65. The number of benzene rings is 2. The summed E-state index contributed by atoms with van der Waals surface area (Å²) in [4.78, 5) is 4.04. The van der Waals surface area contributed by atoms with E-state index in [0.29, 0.717) is 38.7 Å². The molecule has 0 atom stereocenters. The van der Waals surface area contributed by atoms with Gasteiger partial charge in [0.25, 0.3) is 0 Å². The molecule has 0 bridgehead atoms. The fourth-order valence-electron chi connectivity index (χ4n) is 2.87. The summed E-state index contributed by atoms with van der Waals surface area (Å²) in [6, 6.07) is 9.12. The predicted octanol–water partition coefficient (Wildman–Crippen LogP) is 5.61. The van der Waals surface area contributed by atoms with E-state index >= 15 is 0 Å². The molecular formula is C21H22Cl3N3O2. The Bertz CT molecular complexity index is 913. The van der Waals surface area contributed by atoms with Gasteiger partial charge in [-0.3, -0.25) is 0 Å². The summed E-state index contributed by atoms with van der Waals surface area (Å²) in [6.45, 7) is 2.67. The van der Waals surface area contributed by atoms with Crippen LogP contribution in [0.1, 0.15) is 17.5 Å². The number of hydrogen-bond acceptors (Lipinski definition) is 4. The number of hydrogen-bond donors (Lipinski definition) is 1. The van der Waals surface area contributed by atoms with Crippen LogP contribution in [-0.4, -0.2) is 23.2 Å². The number of ether oxygens (including phenoxy) is 2. The summed E-state index contributed by atoms with van der Waals surface area (Å²) in [5.74, 6) is 1.03. The van der Waals surface area contributed by atoms with Crippen molar-refractivity contribution < 1.29 is 9.47 Å². The van der Waals surface area contributed by atoms with Crippen LogP contribution in [0.2, 0.25) is 15.1 Å². The van der Waals surface area contributed by atoms with Crippen LogP contribution in [-0.2, 0) is 19.7 Å². The number of nitrogens with one attached hydrogen (secondary N) is 1. The van der Waals surface area contributed by atoms with Crippen molar-refractivity contribution in [3.05, 3.63) is 75.2 Å². The minimum Gasteiger partial charge on any atom is -0.493 e. The molecular weight excluding hydrogens is 433 g/mol. The van der Waals surface area contributed by atoms with Crippen LogP contribution < -0.4 is 14.8 Å². The van der Waals surface area contributed by atoms with Crippen molar-refractivity contribution in [1.29, 1.82) is 0 Å². The second kappa shape index (κ2) is 10.7. The monoisotopic (exact) mass is 453 g/mol. The zero-order valence-corrected chi connectivity index (χ0v) is 18.3. The Balaban J connectivity index is 1.58. The maximum Gasteiger partial charge on any atom is 0.180 e. The number of rotatable bonds is 10. The van der Waals surface area contributed by atoms with Crippen molar-refractivity contribution in [1.82, 2.24) is 14.9 Å². The lowest BCUT2D eigenvalue weighted by Crippen LogP contribution is -2.16. The zero-order valence-electron chi connectivity index (χ0n) is 16.0. The number of aromatic nitrogens is 2. The fraction of sp³-hybridized carbons (Fsp3) is 0.286. The molecule has 2 aromatic carbocycles. The highest BCUT2D eigenvalue weighted by Crippen LogP contribution is 2.38. The van der Waals surface area contributed by atoms with E-state index in [9.17, 15) is 0 Å². The van der Waals surface area contributed by atoms with Crippen molar-refractivity contribution in [2.24, 2.45) is 0 Å². The molecule has 3 rings (SSSR count). The lowest BCUT2D eigenvalue weighted by molar-refractivity contribution is 0.284. The molecule has 0 saturated heterocycles. The zero-order chi connectivity index (χ0) is 20.6. The number of methoxy groups -OCH3 is 1. The van der Waals surface area contributed by atoms with Crippen LogP contribution in [0.15, 0.2) is 49.1 Å². The van der Waals surface area contributed by atoms with Gasteiger partial charge in [-0.15, -0.1) is 0 Å². The van der Waals surface area contributed by atoms with E-state index in [1.54, 1.807) is 31.5 Å². The number of imidazole rings is 1. The lowest BCUT2D eigenvalue weighted by Gasteiger charge is -2.15. The first-order valence-electron chi connectivity index (χ1n) is 9.17. The highest BCUT2D eigenvalue weighted by Gasteiger charge is 2.14. The van der Waals surface area contributed by atoms with Crippen LogP contribution >= 0.6 is 34.8 Å². The molecule has 0 aliphatic carbocycles. The molecule has 0 radical (unpaired) electrons. The maximum absolute atomic E-state index is 6.46. The maximum atomic E-state index is 6.46. The summed E-state index contributed by atoms with van der Waals surface area (Å²) in [5.41, 5.74) is 1.72. The number of nitrogens with zero attached hydrogens (tertiary/aromatic N) is 2. The third-order valence-electron chi connectivity index (χ3n) is 4.37. The lowest BCUT2D eigenvalue weighted by atomic mass is 10.2. The largest absolute Gasteiger partial charge is 0.493 e. The van der Waals surface area contributed by atoms with Gasteiger partial charge < -0.3 is 19.4 Å². The normalized spacial score (nSPS) is 10.9. The molecule has 8 heteroatoms. The Morgan fingerprint density at radius 1 is 1.10 bits per heavy atom. The Labute approximate surface area is 185 Å². The highest BCUT2D eigenvalue weighted by atomic mass is 35.5. The Morgan fingerprint density at radius 3 is 2.59 bits per heavy atom. The van der Waals surface area contributed by atoms with E-state index in [-0.39, 0.29) is 6.61 Å². The Morgan fingerprint density at radius 2 is 1.90 bits per heavy atom. The quantitative estimate of drug-likeness (QED) is 0.404. The van der Waals surface area contributed by atoms with E-state index < -0.39 is 0 Å². The van der Waals surface area contributed by atoms with E-state index in [0.717, 1.165) is 25.1 Å². The molecule has 1 N–H and O–H groups in total. The van der Waals surface area contributed by atoms with Crippen LogP contribution in [0.25, 0.3) is 0 Å².